The Hall–Kier alpha value is -9.76. The van der Waals surface area contributed by atoms with E-state index in [1.54, 1.807) is 0 Å². The van der Waals surface area contributed by atoms with Gasteiger partial charge in [-0.15, -0.1) is 0 Å². The minimum Gasteiger partial charge on any atom is -0.310 e. The quantitative estimate of drug-likeness (QED) is 0.135. The summed E-state index contributed by atoms with van der Waals surface area (Å²) in [5, 5.41) is 0. The maximum Gasteiger partial charge on any atom is 0.0714 e. The number of rotatable bonds is 10. The van der Waals surface area contributed by atoms with Gasteiger partial charge in [-0.1, -0.05) is 264 Å². The van der Waals surface area contributed by atoms with Crippen molar-refractivity contribution in [2.75, 3.05) is 9.80 Å². The molecule has 0 unspecified atom stereocenters. The van der Waals surface area contributed by atoms with Gasteiger partial charge in [0.1, 0.15) is 0 Å². The number of hydrogen-bond acceptors (Lipinski definition) is 2. The Morgan fingerprint density at radius 3 is 1.33 bits per heavy atom. The van der Waals surface area contributed by atoms with Crippen LogP contribution in [0.1, 0.15) is 72.2 Å². The highest BCUT2D eigenvalue weighted by Crippen LogP contribution is 2.59. The molecule has 15 rings (SSSR count). The number of nitrogens with zero attached hydrogens (tertiary/aromatic N) is 2. The largest absolute Gasteiger partial charge is 0.310 e. The summed E-state index contributed by atoms with van der Waals surface area (Å²) in [6, 6.07) is 109. The molecular formula is C79H60N2. The van der Waals surface area contributed by atoms with Gasteiger partial charge in [0.05, 0.1) is 16.8 Å². The van der Waals surface area contributed by atoms with Crippen LogP contribution in [0.3, 0.4) is 0 Å². The van der Waals surface area contributed by atoms with Crippen LogP contribution in [0, 0.1) is 0 Å². The zero-order valence-electron chi connectivity index (χ0n) is 46.1. The lowest BCUT2D eigenvalue weighted by Crippen LogP contribution is -2.28. The first-order valence-corrected chi connectivity index (χ1v) is 28.5. The van der Waals surface area contributed by atoms with Crippen LogP contribution in [-0.4, -0.2) is 0 Å². The van der Waals surface area contributed by atoms with E-state index in [4.69, 9.17) is 0 Å². The summed E-state index contributed by atoms with van der Waals surface area (Å²) in [6.07, 6.45) is 0. The lowest BCUT2D eigenvalue weighted by Gasteiger charge is -2.35. The van der Waals surface area contributed by atoms with E-state index < -0.39 is 5.41 Å². The zero-order chi connectivity index (χ0) is 54.5. The van der Waals surface area contributed by atoms with Crippen molar-refractivity contribution in [3.05, 3.63) is 336 Å². The summed E-state index contributed by atoms with van der Waals surface area (Å²) < 4.78 is 0. The van der Waals surface area contributed by atoms with Crippen molar-refractivity contribution < 1.29 is 0 Å². The van der Waals surface area contributed by atoms with Gasteiger partial charge in [0.15, 0.2) is 0 Å². The number of anilines is 6. The Balaban J connectivity index is 0.966. The average molecular weight is 1040 g/mol. The molecule has 386 valence electrons. The topological polar surface area (TPSA) is 6.48 Å². The van der Waals surface area contributed by atoms with Crippen molar-refractivity contribution in [2.45, 2.75) is 43.9 Å². The second kappa shape index (κ2) is 18.7. The Bertz CT molecular complexity index is 4370. The molecule has 2 heteroatoms. The average Bonchev–Trinajstić information content (AvgIpc) is 4.20. The van der Waals surface area contributed by atoms with Crippen molar-refractivity contribution in [1.82, 2.24) is 0 Å². The van der Waals surface area contributed by atoms with E-state index in [-0.39, 0.29) is 10.8 Å². The molecule has 81 heavy (non-hydrogen) atoms. The molecule has 0 heterocycles. The van der Waals surface area contributed by atoms with Gasteiger partial charge < -0.3 is 9.80 Å². The summed E-state index contributed by atoms with van der Waals surface area (Å²) in [6.45, 7) is 9.52. The van der Waals surface area contributed by atoms with E-state index >= 15 is 0 Å². The van der Waals surface area contributed by atoms with Gasteiger partial charge in [-0.25, -0.2) is 0 Å². The van der Waals surface area contributed by atoms with Crippen molar-refractivity contribution in [2.24, 2.45) is 0 Å². The predicted molar refractivity (Wildman–Crippen MR) is 339 cm³/mol. The van der Waals surface area contributed by atoms with Crippen molar-refractivity contribution in [3.8, 4) is 55.6 Å². The van der Waals surface area contributed by atoms with E-state index in [2.05, 4.69) is 329 Å². The Kier molecular flexibility index (Phi) is 11.2. The summed E-state index contributed by atoms with van der Waals surface area (Å²) >= 11 is 0. The van der Waals surface area contributed by atoms with Gasteiger partial charge in [0.25, 0.3) is 0 Å². The highest BCUT2D eigenvalue weighted by atomic mass is 15.2. The molecule has 0 aliphatic heterocycles. The third-order valence-electron chi connectivity index (χ3n) is 18.1. The van der Waals surface area contributed by atoms with Gasteiger partial charge in [-0.3, -0.25) is 0 Å². The maximum atomic E-state index is 2.54. The summed E-state index contributed by atoms with van der Waals surface area (Å²) in [5.41, 5.74) is 28.4. The molecular weight excluding hydrogens is 977 g/mol. The lowest BCUT2D eigenvalue weighted by molar-refractivity contribution is 0.660. The van der Waals surface area contributed by atoms with Gasteiger partial charge >= 0.3 is 0 Å². The van der Waals surface area contributed by atoms with Crippen LogP contribution in [-0.2, 0) is 16.2 Å². The predicted octanol–water partition coefficient (Wildman–Crippen LogP) is 20.9. The molecule has 0 bridgehead atoms. The molecule has 12 aromatic rings. The minimum absolute atomic E-state index is 0.192. The second-order valence-electron chi connectivity index (χ2n) is 23.2. The van der Waals surface area contributed by atoms with Crippen LogP contribution in [0.15, 0.2) is 291 Å². The molecule has 0 fully saturated rings. The third-order valence-corrected chi connectivity index (χ3v) is 18.1. The van der Waals surface area contributed by atoms with E-state index in [0.29, 0.717) is 0 Å². The van der Waals surface area contributed by atoms with E-state index in [1.807, 2.05) is 0 Å². The Morgan fingerprint density at radius 1 is 0.235 bits per heavy atom. The fraction of sp³-hybridized carbons (Fsp3) is 0.0886. The summed E-state index contributed by atoms with van der Waals surface area (Å²) in [5.74, 6) is 0. The van der Waals surface area contributed by atoms with Crippen LogP contribution >= 0.6 is 0 Å². The molecule has 3 aliphatic rings. The van der Waals surface area contributed by atoms with Crippen LogP contribution in [0.2, 0.25) is 0 Å². The van der Waals surface area contributed by atoms with E-state index in [0.717, 1.165) is 45.3 Å². The molecule has 2 nitrogen and oxygen atoms in total. The van der Waals surface area contributed by atoms with Crippen molar-refractivity contribution in [1.29, 1.82) is 0 Å². The Morgan fingerprint density at radius 2 is 0.654 bits per heavy atom. The molecule has 0 N–H and O–H groups in total. The fourth-order valence-electron chi connectivity index (χ4n) is 14.4. The number of fused-ring (bicyclic) bond motifs is 9. The Labute approximate surface area is 476 Å². The summed E-state index contributed by atoms with van der Waals surface area (Å²) in [4.78, 5) is 5.05. The van der Waals surface area contributed by atoms with E-state index in [1.165, 1.54) is 89.0 Å². The first-order chi connectivity index (χ1) is 39.7. The first kappa shape index (κ1) is 48.4. The first-order valence-electron chi connectivity index (χ1n) is 28.5. The van der Waals surface area contributed by atoms with Crippen LogP contribution < -0.4 is 9.80 Å². The molecule has 0 saturated carbocycles. The maximum absolute atomic E-state index is 2.54. The highest BCUT2D eigenvalue weighted by molar-refractivity contribution is 5.99. The second-order valence-corrected chi connectivity index (χ2v) is 23.2. The van der Waals surface area contributed by atoms with E-state index in [9.17, 15) is 0 Å². The summed E-state index contributed by atoms with van der Waals surface area (Å²) in [7, 11) is 0. The zero-order valence-corrected chi connectivity index (χ0v) is 46.1. The number of benzene rings is 12. The van der Waals surface area contributed by atoms with Crippen LogP contribution in [0.4, 0.5) is 34.1 Å². The van der Waals surface area contributed by atoms with Gasteiger partial charge in [-0.05, 0) is 144 Å². The van der Waals surface area contributed by atoms with Crippen molar-refractivity contribution >= 4 is 34.1 Å². The molecule has 3 aliphatic carbocycles. The molecule has 12 aromatic carbocycles. The number of para-hydroxylation sites is 1. The SMILES string of the molecule is CC1(C)c2ccccc2-c2ccc(N(c3cccc(N(c4ccccc4-c4ccc(-c5ccccc5)cc4)c4cccc5c4-c4ccccc4C5(C)C)c3)c3cccc(C4(c5ccccc5)c5ccccc5-c5ccccc54)c3)cc21. The molecule has 0 aromatic heterocycles. The fourth-order valence-corrected chi connectivity index (χ4v) is 14.4. The highest BCUT2D eigenvalue weighted by Gasteiger charge is 2.46. The van der Waals surface area contributed by atoms with Gasteiger partial charge in [0, 0.05) is 44.7 Å². The monoisotopic (exact) mass is 1040 g/mol. The van der Waals surface area contributed by atoms with Crippen LogP contribution in [0.25, 0.3) is 55.6 Å². The minimum atomic E-state index is -0.572. The standard InChI is InChI=1S/C79H60N2/c1-77(2)69-38-17-14-36-67(69)76-72(77)41-23-43-75(76)81(74-42-20-15-32-62(74)55-46-44-54(45-47-55)53-24-7-5-8-25-53)60-31-22-30-59(51-60)80(61-48-49-66-63-33-11-16-37-68(63)78(3,4)73(66)52-61)58-29-21-28-57(50-58)79(56-26-9-6-10-27-56)70-39-18-12-34-64(70)65-35-13-19-40-71(65)79/h5-52H,1-4H3. The van der Waals surface area contributed by atoms with Gasteiger partial charge in [-0.2, -0.15) is 0 Å². The third kappa shape index (κ3) is 7.40. The van der Waals surface area contributed by atoms with Crippen molar-refractivity contribution in [3.63, 3.8) is 0 Å². The molecule has 0 spiro atoms. The normalized spacial score (nSPS) is 14.2. The molecule has 0 amide bonds. The van der Waals surface area contributed by atoms with Crippen LogP contribution in [0.5, 0.6) is 0 Å². The molecule has 0 atom stereocenters. The smallest absolute Gasteiger partial charge is 0.0714 e. The molecule has 0 radical (unpaired) electrons. The van der Waals surface area contributed by atoms with Gasteiger partial charge in [0.2, 0.25) is 0 Å². The lowest BCUT2D eigenvalue weighted by atomic mass is 9.67. The molecule has 0 saturated heterocycles. The number of hydrogen-bond donors (Lipinski definition) is 0.